The summed E-state index contributed by atoms with van der Waals surface area (Å²) in [4.78, 5) is 0. The van der Waals surface area contributed by atoms with Gasteiger partial charge in [-0.2, -0.15) is 0 Å². The van der Waals surface area contributed by atoms with Crippen molar-refractivity contribution >= 4 is 22.6 Å². The van der Waals surface area contributed by atoms with Crippen molar-refractivity contribution in [1.82, 2.24) is 0 Å². The van der Waals surface area contributed by atoms with Crippen molar-refractivity contribution in [2.75, 3.05) is 14.2 Å². The lowest BCUT2D eigenvalue weighted by molar-refractivity contribution is -0.00851. The van der Waals surface area contributed by atoms with E-state index in [0.29, 0.717) is 0 Å². The number of hydrogen-bond acceptors (Lipinski definition) is 3. The van der Waals surface area contributed by atoms with E-state index < -0.39 is 4.11 Å². The minimum atomic E-state index is -0.437. The van der Waals surface area contributed by atoms with Crippen LogP contribution in [-0.2, 0) is 9.47 Å². The molecule has 0 saturated carbocycles. The molecule has 106 valence electrons. The first kappa shape index (κ1) is 18.1. The number of methoxy groups -OCH3 is 2. The van der Waals surface area contributed by atoms with Crippen molar-refractivity contribution in [1.29, 1.82) is 0 Å². The molecule has 4 atom stereocenters. The van der Waals surface area contributed by atoms with Crippen LogP contribution in [0.4, 0.5) is 0 Å². The average molecular weight is 368 g/mol. The van der Waals surface area contributed by atoms with E-state index in [0.717, 1.165) is 17.6 Å². The lowest BCUT2D eigenvalue weighted by Crippen LogP contribution is -2.31. The second-order valence-corrected chi connectivity index (χ2v) is 5.57. The van der Waals surface area contributed by atoms with Gasteiger partial charge in [0.2, 0.25) is 0 Å². The summed E-state index contributed by atoms with van der Waals surface area (Å²) >= 11 is 2.02. The zero-order chi connectivity index (χ0) is 14.3. The zero-order valence-electron chi connectivity index (χ0n) is 11.9. The fraction of sp³-hybridized carbons (Fsp3) is 0.714. The molecule has 0 aliphatic rings. The highest BCUT2D eigenvalue weighted by Gasteiger charge is 2.25. The van der Waals surface area contributed by atoms with Crippen LogP contribution in [0, 0.1) is 5.92 Å². The van der Waals surface area contributed by atoms with Gasteiger partial charge in [-0.15, -0.1) is 0 Å². The fourth-order valence-corrected chi connectivity index (χ4v) is 2.46. The van der Waals surface area contributed by atoms with Gasteiger partial charge in [-0.3, -0.25) is 0 Å². The molecule has 0 spiro atoms. The van der Waals surface area contributed by atoms with Crippen molar-refractivity contribution < 1.29 is 14.6 Å². The topological polar surface area (TPSA) is 38.7 Å². The lowest BCUT2D eigenvalue weighted by Gasteiger charge is -2.28. The van der Waals surface area contributed by atoms with Crippen LogP contribution in [0.15, 0.2) is 23.8 Å². The standard InChI is InChI=1S/C14H25IO3/c1-7-11(9(3)14(15)16)12(8-2)13(18-6)10(4)17-5/h7,9-10,13-14,16H,1,8H2,2-6H3/b12-11+/t9?,10?,13?,14-/m1/s1. The maximum atomic E-state index is 9.75. The molecule has 0 amide bonds. The SMILES string of the molecule is C=C/C(=C(/CC)C(OC)C(C)OC)C(C)[C@@H](O)I. The summed E-state index contributed by atoms with van der Waals surface area (Å²) in [6.07, 6.45) is 2.53. The first-order valence-electron chi connectivity index (χ1n) is 6.17. The van der Waals surface area contributed by atoms with E-state index in [9.17, 15) is 5.11 Å². The molecule has 3 unspecified atom stereocenters. The van der Waals surface area contributed by atoms with Crippen molar-refractivity contribution in [2.45, 2.75) is 43.5 Å². The van der Waals surface area contributed by atoms with Gasteiger partial charge in [0.15, 0.2) is 0 Å². The molecule has 0 rings (SSSR count). The summed E-state index contributed by atoms with van der Waals surface area (Å²) in [7, 11) is 3.36. The largest absolute Gasteiger partial charge is 0.382 e. The maximum Gasteiger partial charge on any atom is 0.111 e. The van der Waals surface area contributed by atoms with E-state index in [1.165, 1.54) is 0 Å². The number of allylic oxidation sites excluding steroid dienone is 1. The Hall–Kier alpha value is 0.0900. The normalized spacial score (nSPS) is 19.7. The van der Waals surface area contributed by atoms with Crippen molar-refractivity contribution in [3.05, 3.63) is 23.8 Å². The third-order valence-corrected chi connectivity index (χ3v) is 4.35. The van der Waals surface area contributed by atoms with Crippen LogP contribution >= 0.6 is 22.6 Å². The minimum Gasteiger partial charge on any atom is -0.382 e. The third-order valence-electron chi connectivity index (χ3n) is 3.27. The first-order valence-corrected chi connectivity index (χ1v) is 7.42. The quantitative estimate of drug-likeness (QED) is 0.406. The molecule has 3 nitrogen and oxygen atoms in total. The number of rotatable bonds is 8. The highest BCUT2D eigenvalue weighted by Crippen LogP contribution is 2.29. The number of alkyl halides is 1. The zero-order valence-corrected chi connectivity index (χ0v) is 14.1. The highest BCUT2D eigenvalue weighted by molar-refractivity contribution is 14.1. The van der Waals surface area contributed by atoms with Gasteiger partial charge in [-0.1, -0.05) is 49.1 Å². The molecule has 0 radical (unpaired) electrons. The van der Waals surface area contributed by atoms with Crippen LogP contribution in [0.1, 0.15) is 27.2 Å². The smallest absolute Gasteiger partial charge is 0.111 e. The van der Waals surface area contributed by atoms with Gasteiger partial charge < -0.3 is 14.6 Å². The summed E-state index contributed by atoms with van der Waals surface area (Å²) in [5.74, 6) is 0.0276. The van der Waals surface area contributed by atoms with Crippen LogP contribution in [0.25, 0.3) is 0 Å². The molecule has 0 saturated heterocycles. The van der Waals surface area contributed by atoms with Crippen molar-refractivity contribution in [2.24, 2.45) is 5.92 Å². The van der Waals surface area contributed by atoms with Gasteiger partial charge in [-0.25, -0.2) is 0 Å². The summed E-state index contributed by atoms with van der Waals surface area (Å²) in [5, 5.41) is 9.75. The Balaban J connectivity index is 5.49. The van der Waals surface area contributed by atoms with Crippen LogP contribution in [0.3, 0.4) is 0 Å². The number of hydrogen-bond donors (Lipinski definition) is 1. The molecule has 0 aromatic rings. The summed E-state index contributed by atoms with van der Waals surface area (Å²) in [5.41, 5.74) is 2.19. The molecule has 0 fully saturated rings. The molecule has 0 aliphatic heterocycles. The second-order valence-electron chi connectivity index (χ2n) is 4.30. The predicted molar refractivity (Wildman–Crippen MR) is 84.0 cm³/mol. The Labute approximate surface area is 124 Å². The van der Waals surface area contributed by atoms with Gasteiger partial charge in [0, 0.05) is 20.1 Å². The molecule has 0 aromatic heterocycles. The van der Waals surface area contributed by atoms with Crippen LogP contribution in [-0.4, -0.2) is 35.6 Å². The van der Waals surface area contributed by atoms with E-state index >= 15 is 0 Å². The van der Waals surface area contributed by atoms with E-state index in [2.05, 4.69) is 13.5 Å². The van der Waals surface area contributed by atoms with Gasteiger partial charge >= 0.3 is 0 Å². The molecule has 0 aliphatic carbocycles. The molecule has 18 heavy (non-hydrogen) atoms. The van der Waals surface area contributed by atoms with Gasteiger partial charge in [0.25, 0.3) is 0 Å². The molecule has 1 N–H and O–H groups in total. The average Bonchev–Trinajstić information content (AvgIpc) is 2.37. The lowest BCUT2D eigenvalue weighted by atomic mass is 9.90. The summed E-state index contributed by atoms with van der Waals surface area (Å²) < 4.78 is 10.5. The Morgan fingerprint density at radius 3 is 2.17 bits per heavy atom. The number of halogens is 1. The Morgan fingerprint density at radius 1 is 1.33 bits per heavy atom. The fourth-order valence-electron chi connectivity index (χ4n) is 2.07. The molecule has 0 heterocycles. The Kier molecular flexibility index (Phi) is 9.11. The highest BCUT2D eigenvalue weighted by atomic mass is 127. The van der Waals surface area contributed by atoms with Crippen molar-refractivity contribution in [3.8, 4) is 0 Å². The molecular formula is C14H25IO3. The van der Waals surface area contributed by atoms with Gasteiger partial charge in [0.1, 0.15) is 10.2 Å². The van der Waals surface area contributed by atoms with Crippen LogP contribution in [0.5, 0.6) is 0 Å². The molecule has 0 aromatic carbocycles. The predicted octanol–water partition coefficient (Wildman–Crippen LogP) is 3.32. The van der Waals surface area contributed by atoms with Gasteiger partial charge in [0.05, 0.1) is 6.10 Å². The number of aliphatic hydroxyl groups excluding tert-OH is 1. The third kappa shape index (κ3) is 4.64. The number of ether oxygens (including phenoxy) is 2. The van der Waals surface area contributed by atoms with Crippen LogP contribution < -0.4 is 0 Å². The van der Waals surface area contributed by atoms with Crippen LogP contribution in [0.2, 0.25) is 0 Å². The van der Waals surface area contributed by atoms with E-state index in [1.54, 1.807) is 14.2 Å². The minimum absolute atomic E-state index is 0.0276. The monoisotopic (exact) mass is 368 g/mol. The number of aliphatic hydroxyl groups is 1. The second kappa shape index (κ2) is 9.07. The maximum absolute atomic E-state index is 9.75. The Bertz CT molecular complexity index is 287. The van der Waals surface area contributed by atoms with Crippen molar-refractivity contribution in [3.63, 3.8) is 0 Å². The summed E-state index contributed by atoms with van der Waals surface area (Å²) in [6.45, 7) is 9.93. The van der Waals surface area contributed by atoms with E-state index in [1.807, 2.05) is 42.5 Å². The molecule has 4 heteroatoms. The molecule has 0 bridgehead atoms. The molecular weight excluding hydrogens is 343 g/mol. The Morgan fingerprint density at radius 2 is 1.89 bits per heavy atom. The van der Waals surface area contributed by atoms with Gasteiger partial charge in [-0.05, 0) is 24.5 Å². The van der Waals surface area contributed by atoms with E-state index in [-0.39, 0.29) is 18.1 Å². The first-order chi connectivity index (χ1) is 8.44. The van der Waals surface area contributed by atoms with E-state index in [4.69, 9.17) is 9.47 Å². The summed E-state index contributed by atoms with van der Waals surface area (Å²) in [6, 6.07) is 0.